The molecule has 0 spiro atoms. The molecule has 0 fully saturated rings. The van der Waals surface area contributed by atoms with Gasteiger partial charge in [0.15, 0.2) is 0 Å². The number of carbonyl (C=O) groups excluding carboxylic acids is 2. The zero-order chi connectivity index (χ0) is 18.4. The van der Waals surface area contributed by atoms with Gasteiger partial charge in [-0.2, -0.15) is 5.26 Å². The molecule has 0 atom stereocenters. The molecule has 0 unspecified atom stereocenters. The minimum absolute atomic E-state index is 0.111. The molecule has 0 aliphatic heterocycles. The molecule has 0 aliphatic rings. The van der Waals surface area contributed by atoms with E-state index in [0.29, 0.717) is 16.8 Å². The Morgan fingerprint density at radius 3 is 2.20 bits per heavy atom. The van der Waals surface area contributed by atoms with Crippen LogP contribution in [0.3, 0.4) is 0 Å². The van der Waals surface area contributed by atoms with Crippen LogP contribution in [0.15, 0.2) is 54.1 Å². The molecule has 2 rings (SSSR count). The largest absolute Gasteiger partial charge is 0.345 e. The van der Waals surface area contributed by atoms with Crippen molar-refractivity contribution in [1.29, 1.82) is 5.26 Å². The first kappa shape index (κ1) is 17.9. The average Bonchev–Trinajstić information content (AvgIpc) is 2.61. The lowest BCUT2D eigenvalue weighted by Gasteiger charge is -2.10. The number of nitrogens with zero attached hydrogens (tertiary/aromatic N) is 2. The number of benzene rings is 2. The summed E-state index contributed by atoms with van der Waals surface area (Å²) in [5.41, 5.74) is 1.38. The number of halogens is 1. The van der Waals surface area contributed by atoms with Gasteiger partial charge in [0.05, 0.1) is 0 Å². The lowest BCUT2D eigenvalue weighted by molar-refractivity contribution is -0.112. The fraction of sp³-hybridized carbons (Fsp3) is 0.105. The van der Waals surface area contributed by atoms with Crippen molar-refractivity contribution in [2.45, 2.75) is 0 Å². The van der Waals surface area contributed by atoms with Crippen LogP contribution in [-0.4, -0.2) is 30.8 Å². The van der Waals surface area contributed by atoms with Gasteiger partial charge in [-0.3, -0.25) is 9.59 Å². The van der Waals surface area contributed by atoms with E-state index in [-0.39, 0.29) is 11.5 Å². The summed E-state index contributed by atoms with van der Waals surface area (Å²) in [6.07, 6.45) is 1.37. The van der Waals surface area contributed by atoms with Crippen molar-refractivity contribution < 1.29 is 14.0 Å². The smallest absolute Gasteiger partial charge is 0.266 e. The van der Waals surface area contributed by atoms with Gasteiger partial charge in [-0.05, 0) is 48.0 Å². The van der Waals surface area contributed by atoms with E-state index in [2.05, 4.69) is 5.32 Å². The van der Waals surface area contributed by atoms with Gasteiger partial charge in [0.25, 0.3) is 11.8 Å². The van der Waals surface area contributed by atoms with E-state index in [1.54, 1.807) is 38.4 Å². The van der Waals surface area contributed by atoms with Gasteiger partial charge in [0, 0.05) is 25.3 Å². The van der Waals surface area contributed by atoms with Crippen LogP contribution in [0.5, 0.6) is 0 Å². The predicted octanol–water partition coefficient (Wildman–Crippen LogP) is 3.07. The van der Waals surface area contributed by atoms with E-state index in [9.17, 15) is 14.0 Å². The number of rotatable bonds is 4. The molecule has 6 heteroatoms. The molecule has 2 aromatic carbocycles. The van der Waals surface area contributed by atoms with Crippen LogP contribution in [0.4, 0.5) is 10.1 Å². The predicted molar refractivity (Wildman–Crippen MR) is 93.1 cm³/mol. The minimum Gasteiger partial charge on any atom is -0.345 e. The molecule has 1 N–H and O–H groups in total. The Morgan fingerprint density at radius 2 is 1.68 bits per heavy atom. The second-order valence-corrected chi connectivity index (χ2v) is 5.45. The zero-order valence-electron chi connectivity index (χ0n) is 13.8. The van der Waals surface area contributed by atoms with E-state index in [1.165, 1.54) is 35.2 Å². The number of anilines is 1. The van der Waals surface area contributed by atoms with Gasteiger partial charge >= 0.3 is 0 Å². The normalized spacial score (nSPS) is 10.7. The molecule has 25 heavy (non-hydrogen) atoms. The highest BCUT2D eigenvalue weighted by molar-refractivity contribution is 6.09. The Morgan fingerprint density at radius 1 is 1.08 bits per heavy atom. The second kappa shape index (κ2) is 7.88. The van der Waals surface area contributed by atoms with E-state index < -0.39 is 11.7 Å². The number of hydrogen-bond acceptors (Lipinski definition) is 3. The van der Waals surface area contributed by atoms with Crippen molar-refractivity contribution in [2.75, 3.05) is 19.4 Å². The first-order valence-electron chi connectivity index (χ1n) is 7.41. The lowest BCUT2D eigenvalue weighted by atomic mass is 10.1. The third kappa shape index (κ3) is 4.75. The molecule has 126 valence electrons. The van der Waals surface area contributed by atoms with E-state index in [4.69, 9.17) is 5.26 Å². The van der Waals surface area contributed by atoms with Gasteiger partial charge in [0.2, 0.25) is 0 Å². The molecule has 0 bridgehead atoms. The van der Waals surface area contributed by atoms with Crippen LogP contribution in [0.2, 0.25) is 0 Å². The fourth-order valence-electron chi connectivity index (χ4n) is 2.03. The topological polar surface area (TPSA) is 73.2 Å². The standard InChI is InChI=1S/C19H16FN3O2/c1-23(2)19(25)14-5-9-17(10-6-14)22-18(24)15(12-21)11-13-3-7-16(20)8-4-13/h3-11H,1-2H3,(H,22,24)/b15-11+. The van der Waals surface area contributed by atoms with Crippen molar-refractivity contribution in [3.05, 3.63) is 71.0 Å². The van der Waals surface area contributed by atoms with Crippen LogP contribution in [0, 0.1) is 17.1 Å². The van der Waals surface area contributed by atoms with Crippen molar-refractivity contribution in [2.24, 2.45) is 0 Å². The van der Waals surface area contributed by atoms with Crippen LogP contribution < -0.4 is 5.32 Å². The Labute approximate surface area is 145 Å². The molecule has 5 nitrogen and oxygen atoms in total. The van der Waals surface area contributed by atoms with Crippen LogP contribution >= 0.6 is 0 Å². The van der Waals surface area contributed by atoms with E-state index in [0.717, 1.165) is 0 Å². The SMILES string of the molecule is CN(C)C(=O)c1ccc(NC(=O)/C(C#N)=C/c2ccc(F)cc2)cc1. The van der Waals surface area contributed by atoms with Crippen molar-refractivity contribution in [1.82, 2.24) is 4.90 Å². The van der Waals surface area contributed by atoms with E-state index >= 15 is 0 Å². The first-order valence-corrected chi connectivity index (χ1v) is 7.41. The Bertz CT molecular complexity index is 848. The lowest BCUT2D eigenvalue weighted by Crippen LogP contribution is -2.21. The third-order valence-corrected chi connectivity index (χ3v) is 3.34. The molecule has 0 saturated carbocycles. The molecule has 0 aliphatic carbocycles. The van der Waals surface area contributed by atoms with Crippen molar-refractivity contribution in [3.8, 4) is 6.07 Å². The van der Waals surface area contributed by atoms with Gasteiger partial charge in [-0.15, -0.1) is 0 Å². The van der Waals surface area contributed by atoms with Gasteiger partial charge in [-0.1, -0.05) is 12.1 Å². The van der Waals surface area contributed by atoms with Gasteiger partial charge in [-0.25, -0.2) is 4.39 Å². The van der Waals surface area contributed by atoms with Crippen LogP contribution in [-0.2, 0) is 4.79 Å². The van der Waals surface area contributed by atoms with Crippen LogP contribution in [0.1, 0.15) is 15.9 Å². The summed E-state index contributed by atoms with van der Waals surface area (Å²) in [6, 6.07) is 13.6. The summed E-state index contributed by atoms with van der Waals surface area (Å²) >= 11 is 0. The molecular formula is C19H16FN3O2. The number of hydrogen-bond donors (Lipinski definition) is 1. The van der Waals surface area contributed by atoms with Gasteiger partial charge in [0.1, 0.15) is 17.5 Å². The van der Waals surface area contributed by atoms with Crippen molar-refractivity contribution in [3.63, 3.8) is 0 Å². The monoisotopic (exact) mass is 337 g/mol. The molecule has 2 amide bonds. The maximum Gasteiger partial charge on any atom is 0.266 e. The van der Waals surface area contributed by atoms with Crippen LogP contribution in [0.25, 0.3) is 6.08 Å². The quantitative estimate of drug-likeness (QED) is 0.688. The van der Waals surface area contributed by atoms with Crippen molar-refractivity contribution >= 4 is 23.6 Å². The van der Waals surface area contributed by atoms with E-state index in [1.807, 2.05) is 6.07 Å². The summed E-state index contributed by atoms with van der Waals surface area (Å²) in [5.74, 6) is -1.13. The Hall–Kier alpha value is -3.46. The summed E-state index contributed by atoms with van der Waals surface area (Å²) in [4.78, 5) is 25.5. The number of nitriles is 1. The second-order valence-electron chi connectivity index (χ2n) is 5.45. The fourth-order valence-corrected chi connectivity index (χ4v) is 2.03. The molecule has 0 heterocycles. The number of carbonyl (C=O) groups is 2. The summed E-state index contributed by atoms with van der Waals surface area (Å²) < 4.78 is 12.9. The maximum absolute atomic E-state index is 12.9. The molecule has 2 aromatic rings. The average molecular weight is 337 g/mol. The highest BCUT2D eigenvalue weighted by atomic mass is 19.1. The molecule has 0 saturated heterocycles. The summed E-state index contributed by atoms with van der Waals surface area (Å²) in [7, 11) is 3.30. The minimum atomic E-state index is -0.585. The number of nitrogens with one attached hydrogen (secondary N) is 1. The summed E-state index contributed by atoms with van der Waals surface area (Å²) in [6.45, 7) is 0. The summed E-state index contributed by atoms with van der Waals surface area (Å²) in [5, 5.41) is 11.8. The highest BCUT2D eigenvalue weighted by Crippen LogP contribution is 2.14. The zero-order valence-corrected chi connectivity index (χ0v) is 13.8. The number of amides is 2. The Kier molecular flexibility index (Phi) is 5.64. The molecule has 0 aromatic heterocycles. The first-order chi connectivity index (χ1) is 11.9. The third-order valence-electron chi connectivity index (χ3n) is 3.34. The highest BCUT2D eigenvalue weighted by Gasteiger charge is 2.11. The molecular weight excluding hydrogens is 321 g/mol. The van der Waals surface area contributed by atoms with Gasteiger partial charge < -0.3 is 10.2 Å². The maximum atomic E-state index is 12.9. The Balaban J connectivity index is 2.13. The molecule has 0 radical (unpaired) electrons.